The van der Waals surface area contributed by atoms with Gasteiger partial charge in [0.15, 0.2) is 0 Å². The number of hydrogen-bond donors (Lipinski definition) is 0. The summed E-state index contributed by atoms with van der Waals surface area (Å²) in [5, 5.41) is 9.84. The van der Waals surface area contributed by atoms with Crippen LogP contribution in [0.15, 0.2) is 42.5 Å². The molecule has 2 aromatic carbocycles. The van der Waals surface area contributed by atoms with Gasteiger partial charge in [0, 0.05) is 0 Å². The topological polar surface area (TPSA) is 42.2 Å². The monoisotopic (exact) mass is 299 g/mol. The third-order valence-corrected chi connectivity index (χ3v) is 3.30. The zero-order valence-corrected chi connectivity index (χ0v) is 12.5. The Morgan fingerprint density at radius 3 is 2.33 bits per heavy atom. The zero-order valence-electron chi connectivity index (χ0n) is 11.8. The van der Waals surface area contributed by atoms with Gasteiger partial charge in [-0.3, -0.25) is 0 Å². The molecule has 0 atom stereocenters. The molecular formula is C17H14ClNO2. The van der Waals surface area contributed by atoms with Gasteiger partial charge in [-0.1, -0.05) is 17.7 Å². The van der Waals surface area contributed by atoms with Gasteiger partial charge in [-0.2, -0.15) is 5.26 Å². The molecule has 0 saturated heterocycles. The van der Waals surface area contributed by atoms with Gasteiger partial charge in [-0.15, -0.1) is 0 Å². The highest BCUT2D eigenvalue weighted by Gasteiger charge is 2.04. The van der Waals surface area contributed by atoms with Crippen molar-refractivity contribution in [2.75, 3.05) is 14.2 Å². The summed E-state index contributed by atoms with van der Waals surface area (Å²) >= 11 is 6.09. The predicted octanol–water partition coefficient (Wildman–Crippen LogP) is 4.42. The Bertz CT molecular complexity index is 700. The Kier molecular flexibility index (Phi) is 4.86. The van der Waals surface area contributed by atoms with Crippen LogP contribution in [-0.4, -0.2) is 14.2 Å². The van der Waals surface area contributed by atoms with Gasteiger partial charge in [-0.05, 0) is 53.6 Å². The van der Waals surface area contributed by atoms with Crippen molar-refractivity contribution in [3.8, 4) is 17.6 Å². The number of methoxy groups -OCH3 is 2. The Morgan fingerprint density at radius 2 is 1.81 bits per heavy atom. The molecule has 0 aliphatic heterocycles. The molecule has 0 unspecified atom stereocenters. The van der Waals surface area contributed by atoms with Crippen molar-refractivity contribution < 1.29 is 9.47 Å². The summed E-state index contributed by atoms with van der Waals surface area (Å²) in [5.74, 6) is 1.36. The first-order valence-electron chi connectivity index (χ1n) is 6.27. The van der Waals surface area contributed by atoms with Crippen LogP contribution in [0.5, 0.6) is 11.5 Å². The molecule has 0 N–H and O–H groups in total. The van der Waals surface area contributed by atoms with Crippen LogP contribution >= 0.6 is 11.6 Å². The molecule has 0 radical (unpaired) electrons. The minimum atomic E-state index is 0.512. The van der Waals surface area contributed by atoms with Gasteiger partial charge in [0.2, 0.25) is 0 Å². The van der Waals surface area contributed by atoms with Crippen LogP contribution < -0.4 is 9.47 Å². The van der Waals surface area contributed by atoms with Crippen LogP contribution in [0, 0.1) is 11.3 Å². The van der Waals surface area contributed by atoms with Crippen molar-refractivity contribution in [3.63, 3.8) is 0 Å². The molecule has 0 aliphatic rings. The number of nitrogens with zero attached hydrogens (tertiary/aromatic N) is 1. The summed E-state index contributed by atoms with van der Waals surface area (Å²) in [6.07, 6.45) is 1.78. The molecule has 0 fully saturated rings. The molecule has 2 rings (SSSR count). The van der Waals surface area contributed by atoms with E-state index in [1.165, 1.54) is 0 Å². The fraction of sp³-hybridized carbons (Fsp3) is 0.118. The molecule has 106 valence electrons. The van der Waals surface area contributed by atoms with Crippen LogP contribution in [0.2, 0.25) is 5.02 Å². The third-order valence-electron chi connectivity index (χ3n) is 3.01. The van der Waals surface area contributed by atoms with E-state index in [1.54, 1.807) is 32.4 Å². The molecule has 4 heteroatoms. The highest BCUT2D eigenvalue weighted by Crippen LogP contribution is 2.27. The second kappa shape index (κ2) is 6.83. The molecule has 2 aromatic rings. The van der Waals surface area contributed by atoms with E-state index in [4.69, 9.17) is 21.1 Å². The van der Waals surface area contributed by atoms with Gasteiger partial charge in [0.25, 0.3) is 0 Å². The molecule has 0 bridgehead atoms. The summed E-state index contributed by atoms with van der Waals surface area (Å²) in [4.78, 5) is 0. The van der Waals surface area contributed by atoms with Crippen molar-refractivity contribution in [2.45, 2.75) is 0 Å². The van der Waals surface area contributed by atoms with E-state index in [9.17, 15) is 5.26 Å². The predicted molar refractivity (Wildman–Crippen MR) is 84.5 cm³/mol. The Labute approximate surface area is 129 Å². The van der Waals surface area contributed by atoms with Crippen LogP contribution in [0.4, 0.5) is 0 Å². The normalized spacial score (nSPS) is 10.9. The summed E-state index contributed by atoms with van der Waals surface area (Å²) in [5.41, 5.74) is 2.22. The number of ether oxygens (including phenoxy) is 2. The molecule has 0 amide bonds. The molecule has 0 aliphatic carbocycles. The maximum atomic E-state index is 9.33. The van der Waals surface area contributed by atoms with Crippen molar-refractivity contribution in [1.29, 1.82) is 5.26 Å². The van der Waals surface area contributed by atoms with E-state index < -0.39 is 0 Å². The van der Waals surface area contributed by atoms with Crippen molar-refractivity contribution in [2.24, 2.45) is 0 Å². The maximum absolute atomic E-state index is 9.33. The van der Waals surface area contributed by atoms with E-state index in [0.29, 0.717) is 16.3 Å². The molecular weight excluding hydrogens is 286 g/mol. The fourth-order valence-corrected chi connectivity index (χ4v) is 2.16. The largest absolute Gasteiger partial charge is 0.497 e. The first-order valence-corrected chi connectivity index (χ1v) is 6.65. The number of allylic oxidation sites excluding steroid dienone is 1. The number of benzene rings is 2. The fourth-order valence-electron chi connectivity index (χ4n) is 1.89. The lowest BCUT2D eigenvalue weighted by Crippen LogP contribution is -1.86. The SMILES string of the molecule is COc1ccc(/C(C#N)=C/c2ccc(OC)c(Cl)c2)cc1. The number of rotatable bonds is 4. The molecule has 3 nitrogen and oxygen atoms in total. The van der Waals surface area contributed by atoms with Gasteiger partial charge in [0.1, 0.15) is 11.5 Å². The van der Waals surface area contributed by atoms with E-state index in [1.807, 2.05) is 30.3 Å². The summed E-state index contributed by atoms with van der Waals surface area (Å²) in [7, 11) is 3.17. The first-order chi connectivity index (χ1) is 10.2. The van der Waals surface area contributed by atoms with Crippen LogP contribution in [0.3, 0.4) is 0 Å². The summed E-state index contributed by atoms with van der Waals surface area (Å²) in [6, 6.07) is 14.9. The second-order valence-electron chi connectivity index (χ2n) is 4.29. The molecule has 21 heavy (non-hydrogen) atoms. The Hall–Kier alpha value is -2.44. The van der Waals surface area contributed by atoms with Crippen LogP contribution in [-0.2, 0) is 0 Å². The molecule has 0 saturated carbocycles. The van der Waals surface area contributed by atoms with Crippen molar-refractivity contribution >= 4 is 23.3 Å². The van der Waals surface area contributed by atoms with E-state index in [-0.39, 0.29) is 0 Å². The van der Waals surface area contributed by atoms with E-state index >= 15 is 0 Å². The summed E-state index contributed by atoms with van der Waals surface area (Å²) in [6.45, 7) is 0. The number of nitriles is 1. The lowest BCUT2D eigenvalue weighted by Gasteiger charge is -2.05. The molecule has 0 spiro atoms. The minimum Gasteiger partial charge on any atom is -0.497 e. The number of halogens is 1. The van der Waals surface area contributed by atoms with E-state index in [2.05, 4.69) is 6.07 Å². The smallest absolute Gasteiger partial charge is 0.137 e. The second-order valence-corrected chi connectivity index (χ2v) is 4.70. The number of hydrogen-bond acceptors (Lipinski definition) is 3. The quantitative estimate of drug-likeness (QED) is 0.620. The Balaban J connectivity index is 2.36. The molecule has 0 heterocycles. The molecule has 0 aromatic heterocycles. The zero-order chi connectivity index (χ0) is 15.2. The van der Waals surface area contributed by atoms with E-state index in [0.717, 1.165) is 16.9 Å². The van der Waals surface area contributed by atoms with Crippen molar-refractivity contribution in [1.82, 2.24) is 0 Å². The van der Waals surface area contributed by atoms with Crippen molar-refractivity contribution in [3.05, 3.63) is 58.6 Å². The Morgan fingerprint density at radius 1 is 1.10 bits per heavy atom. The first kappa shape index (κ1) is 15.0. The lowest BCUT2D eigenvalue weighted by molar-refractivity contribution is 0.414. The maximum Gasteiger partial charge on any atom is 0.137 e. The summed E-state index contributed by atoms with van der Waals surface area (Å²) < 4.78 is 10.2. The average molecular weight is 300 g/mol. The van der Waals surface area contributed by atoms with Gasteiger partial charge >= 0.3 is 0 Å². The third kappa shape index (κ3) is 3.56. The highest BCUT2D eigenvalue weighted by atomic mass is 35.5. The van der Waals surface area contributed by atoms with Gasteiger partial charge in [0.05, 0.1) is 30.9 Å². The van der Waals surface area contributed by atoms with Crippen LogP contribution in [0.1, 0.15) is 11.1 Å². The standard InChI is InChI=1S/C17H14ClNO2/c1-20-15-6-4-13(5-7-15)14(11-19)9-12-3-8-17(21-2)16(18)10-12/h3-10H,1-2H3/b14-9+. The average Bonchev–Trinajstić information content (AvgIpc) is 2.53. The van der Waals surface area contributed by atoms with Crippen LogP contribution in [0.25, 0.3) is 11.6 Å². The van der Waals surface area contributed by atoms with Gasteiger partial charge < -0.3 is 9.47 Å². The van der Waals surface area contributed by atoms with Gasteiger partial charge in [-0.25, -0.2) is 0 Å². The lowest BCUT2D eigenvalue weighted by atomic mass is 10.0. The minimum absolute atomic E-state index is 0.512. The highest BCUT2D eigenvalue weighted by molar-refractivity contribution is 6.32.